The van der Waals surface area contributed by atoms with Crippen LogP contribution in [0.5, 0.6) is 17.2 Å². The standard InChI is InChI=1S/C30H31ClN2O5/c1-3-36-28-19-24(17-25(20-32)30(34)33-21-23-9-5-4-6-10-23)18-27(31)29(28)38-15-13-35-12-14-37-26-11-7-8-22(2)16-26/h4-11,16-19H,3,12-15,21H2,1-2H3,(H,33,34)/b25-17+. The van der Waals surface area contributed by atoms with Crippen molar-refractivity contribution in [3.8, 4) is 23.3 Å². The molecule has 3 aromatic carbocycles. The molecule has 8 heteroatoms. The highest BCUT2D eigenvalue weighted by atomic mass is 35.5. The van der Waals surface area contributed by atoms with E-state index in [0.717, 1.165) is 16.9 Å². The van der Waals surface area contributed by atoms with Gasteiger partial charge in [-0.1, -0.05) is 54.1 Å². The zero-order valence-corrected chi connectivity index (χ0v) is 22.3. The highest BCUT2D eigenvalue weighted by Gasteiger charge is 2.14. The van der Waals surface area contributed by atoms with Crippen LogP contribution in [0.25, 0.3) is 6.08 Å². The second-order valence-corrected chi connectivity index (χ2v) is 8.63. The van der Waals surface area contributed by atoms with Gasteiger partial charge in [-0.15, -0.1) is 0 Å². The third-order valence-electron chi connectivity index (χ3n) is 5.26. The number of ether oxygens (including phenoxy) is 4. The average Bonchev–Trinajstić information content (AvgIpc) is 2.91. The van der Waals surface area contributed by atoms with Crippen LogP contribution in [0.15, 0.2) is 72.3 Å². The molecule has 0 aromatic heterocycles. The fourth-order valence-electron chi connectivity index (χ4n) is 3.49. The molecule has 0 unspecified atom stereocenters. The van der Waals surface area contributed by atoms with Crippen molar-refractivity contribution < 1.29 is 23.7 Å². The molecule has 0 saturated heterocycles. The quantitative estimate of drug-likeness (QED) is 0.161. The highest BCUT2D eigenvalue weighted by Crippen LogP contribution is 2.37. The minimum atomic E-state index is -0.478. The second kappa shape index (κ2) is 15.3. The molecule has 0 spiro atoms. The van der Waals surface area contributed by atoms with Crippen molar-refractivity contribution in [1.29, 1.82) is 5.26 Å². The van der Waals surface area contributed by atoms with E-state index in [1.165, 1.54) is 6.08 Å². The van der Waals surface area contributed by atoms with E-state index in [9.17, 15) is 10.1 Å². The maximum atomic E-state index is 12.5. The summed E-state index contributed by atoms with van der Waals surface area (Å²) in [6.07, 6.45) is 1.47. The van der Waals surface area contributed by atoms with Gasteiger partial charge in [0.15, 0.2) is 11.5 Å². The zero-order chi connectivity index (χ0) is 27.2. The monoisotopic (exact) mass is 534 g/mol. The summed E-state index contributed by atoms with van der Waals surface area (Å²) in [5, 5.41) is 12.6. The number of rotatable bonds is 14. The molecular weight excluding hydrogens is 504 g/mol. The molecule has 3 rings (SSSR count). The van der Waals surface area contributed by atoms with Gasteiger partial charge in [-0.3, -0.25) is 4.79 Å². The van der Waals surface area contributed by atoms with E-state index in [1.807, 2.05) is 74.5 Å². The van der Waals surface area contributed by atoms with Gasteiger partial charge in [0.1, 0.15) is 30.6 Å². The largest absolute Gasteiger partial charge is 0.491 e. The molecule has 3 aromatic rings. The summed E-state index contributed by atoms with van der Waals surface area (Å²) in [5.74, 6) is 1.11. The summed E-state index contributed by atoms with van der Waals surface area (Å²) in [6, 6.07) is 22.6. The van der Waals surface area contributed by atoms with E-state index in [1.54, 1.807) is 12.1 Å². The van der Waals surface area contributed by atoms with Crippen molar-refractivity contribution in [2.75, 3.05) is 33.0 Å². The van der Waals surface area contributed by atoms with Crippen molar-refractivity contribution >= 4 is 23.6 Å². The molecule has 0 aliphatic heterocycles. The number of nitrogens with one attached hydrogen (secondary N) is 1. The third kappa shape index (κ3) is 9.15. The maximum absolute atomic E-state index is 12.5. The number of nitriles is 1. The first-order valence-electron chi connectivity index (χ1n) is 12.3. The fraction of sp³-hybridized carbons (Fsp3) is 0.267. The summed E-state index contributed by atoms with van der Waals surface area (Å²) in [4.78, 5) is 12.5. The van der Waals surface area contributed by atoms with Gasteiger partial charge in [0.05, 0.1) is 24.8 Å². The predicted octanol–water partition coefficient (Wildman–Crippen LogP) is 5.74. The van der Waals surface area contributed by atoms with E-state index < -0.39 is 5.91 Å². The molecule has 0 atom stereocenters. The molecule has 0 radical (unpaired) electrons. The zero-order valence-electron chi connectivity index (χ0n) is 21.5. The molecule has 7 nitrogen and oxygen atoms in total. The van der Waals surface area contributed by atoms with Crippen LogP contribution in [0.1, 0.15) is 23.6 Å². The van der Waals surface area contributed by atoms with Crippen LogP contribution in [0.4, 0.5) is 0 Å². The predicted molar refractivity (Wildman–Crippen MR) is 147 cm³/mol. The van der Waals surface area contributed by atoms with Crippen LogP contribution in [-0.2, 0) is 16.1 Å². The minimum Gasteiger partial charge on any atom is -0.491 e. The Morgan fingerprint density at radius 3 is 2.45 bits per heavy atom. The number of amides is 1. The number of halogens is 1. The number of hydrogen-bond donors (Lipinski definition) is 1. The molecule has 0 saturated carbocycles. The van der Waals surface area contributed by atoms with Crippen molar-refractivity contribution in [1.82, 2.24) is 5.32 Å². The molecule has 198 valence electrons. The third-order valence-corrected chi connectivity index (χ3v) is 5.54. The number of hydrogen-bond acceptors (Lipinski definition) is 6. The molecule has 0 fully saturated rings. The highest BCUT2D eigenvalue weighted by molar-refractivity contribution is 6.32. The summed E-state index contributed by atoms with van der Waals surface area (Å²) in [6.45, 7) is 5.98. The number of nitrogens with zero attached hydrogens (tertiary/aromatic N) is 1. The smallest absolute Gasteiger partial charge is 0.262 e. The van der Waals surface area contributed by atoms with Crippen LogP contribution in [0, 0.1) is 18.3 Å². The number of carbonyl (C=O) groups excluding carboxylic acids is 1. The second-order valence-electron chi connectivity index (χ2n) is 8.23. The van der Waals surface area contributed by atoms with Crippen molar-refractivity contribution in [2.45, 2.75) is 20.4 Å². The van der Waals surface area contributed by atoms with E-state index in [0.29, 0.717) is 55.1 Å². The maximum Gasteiger partial charge on any atom is 0.262 e. The first kappa shape index (κ1) is 28.6. The van der Waals surface area contributed by atoms with Crippen LogP contribution < -0.4 is 19.5 Å². The van der Waals surface area contributed by atoms with E-state index >= 15 is 0 Å². The Balaban J connectivity index is 1.54. The Kier molecular flexibility index (Phi) is 11.5. The van der Waals surface area contributed by atoms with Crippen LogP contribution in [0.3, 0.4) is 0 Å². The van der Waals surface area contributed by atoms with Crippen molar-refractivity contribution in [3.05, 3.63) is 94.0 Å². The summed E-state index contributed by atoms with van der Waals surface area (Å²) in [5.41, 5.74) is 2.57. The normalized spacial score (nSPS) is 10.9. The summed E-state index contributed by atoms with van der Waals surface area (Å²) < 4.78 is 22.8. The Labute approximate surface area is 228 Å². The number of benzene rings is 3. The minimum absolute atomic E-state index is 0.0469. The van der Waals surface area contributed by atoms with Gasteiger partial charge < -0.3 is 24.3 Å². The molecule has 0 aliphatic rings. The van der Waals surface area contributed by atoms with Gasteiger partial charge in [0, 0.05) is 6.54 Å². The lowest BCUT2D eigenvalue weighted by Gasteiger charge is -2.15. The van der Waals surface area contributed by atoms with Gasteiger partial charge in [0.25, 0.3) is 5.91 Å². The molecule has 0 bridgehead atoms. The number of aryl methyl sites for hydroxylation is 1. The summed E-state index contributed by atoms with van der Waals surface area (Å²) in [7, 11) is 0. The fourth-order valence-corrected chi connectivity index (χ4v) is 3.76. The van der Waals surface area contributed by atoms with Gasteiger partial charge in [-0.25, -0.2) is 0 Å². The molecule has 0 heterocycles. The first-order valence-corrected chi connectivity index (χ1v) is 12.7. The Hall–Kier alpha value is -3.99. The average molecular weight is 535 g/mol. The SMILES string of the molecule is CCOc1cc(/C=C(\C#N)C(=O)NCc2ccccc2)cc(Cl)c1OCCOCCOc1cccc(C)c1. The Bertz CT molecular complexity index is 1270. The van der Waals surface area contributed by atoms with Gasteiger partial charge in [-0.05, 0) is 60.9 Å². The Morgan fingerprint density at radius 2 is 1.74 bits per heavy atom. The molecule has 1 amide bonds. The van der Waals surface area contributed by atoms with Crippen LogP contribution in [-0.4, -0.2) is 38.9 Å². The lowest BCUT2D eigenvalue weighted by Crippen LogP contribution is -2.23. The lowest BCUT2D eigenvalue weighted by atomic mass is 10.1. The lowest BCUT2D eigenvalue weighted by molar-refractivity contribution is -0.117. The topological polar surface area (TPSA) is 89.8 Å². The molecule has 38 heavy (non-hydrogen) atoms. The van der Waals surface area contributed by atoms with Crippen molar-refractivity contribution in [2.24, 2.45) is 0 Å². The van der Waals surface area contributed by atoms with E-state index in [4.69, 9.17) is 30.5 Å². The number of carbonyl (C=O) groups is 1. The van der Waals surface area contributed by atoms with Crippen LogP contribution >= 0.6 is 11.6 Å². The molecular formula is C30H31ClN2O5. The first-order chi connectivity index (χ1) is 18.5. The van der Waals surface area contributed by atoms with Gasteiger partial charge >= 0.3 is 0 Å². The van der Waals surface area contributed by atoms with Gasteiger partial charge in [-0.2, -0.15) is 5.26 Å². The molecule has 1 N–H and O–H groups in total. The van der Waals surface area contributed by atoms with E-state index in [-0.39, 0.29) is 12.2 Å². The summed E-state index contributed by atoms with van der Waals surface area (Å²) >= 11 is 6.48. The molecule has 0 aliphatic carbocycles. The van der Waals surface area contributed by atoms with E-state index in [2.05, 4.69) is 5.32 Å². The Morgan fingerprint density at radius 1 is 0.974 bits per heavy atom. The van der Waals surface area contributed by atoms with Gasteiger partial charge in [0.2, 0.25) is 0 Å². The van der Waals surface area contributed by atoms with Crippen LogP contribution in [0.2, 0.25) is 5.02 Å². The van der Waals surface area contributed by atoms with Crippen molar-refractivity contribution in [3.63, 3.8) is 0 Å².